The lowest BCUT2D eigenvalue weighted by atomic mass is 9.93. The lowest BCUT2D eigenvalue weighted by Crippen LogP contribution is -1.93. The third-order valence-electron chi connectivity index (χ3n) is 5.92. The van der Waals surface area contributed by atoms with Gasteiger partial charge >= 0.3 is 0 Å². The minimum Gasteiger partial charge on any atom is -0.292 e. The normalized spacial score (nSPS) is 12.4. The number of hydrogen-bond donors (Lipinski definition) is 0. The zero-order valence-corrected chi connectivity index (χ0v) is 14.5. The summed E-state index contributed by atoms with van der Waals surface area (Å²) in [5.41, 5.74) is 3.40. The number of aromatic nitrogens is 2. The largest absolute Gasteiger partial charge is 0.292 e. The second kappa shape index (κ2) is 4.54. The second-order valence-electron chi connectivity index (χ2n) is 7.32. The minimum atomic E-state index is 1.00. The maximum Gasteiger partial charge on any atom is 0.137 e. The summed E-state index contributed by atoms with van der Waals surface area (Å²) in [6.45, 7) is 0. The van der Waals surface area contributed by atoms with Crippen LogP contribution in [0.4, 0.5) is 0 Å². The van der Waals surface area contributed by atoms with E-state index in [4.69, 9.17) is 0 Å². The van der Waals surface area contributed by atoms with E-state index in [1.807, 2.05) is 6.20 Å². The molecule has 7 rings (SSSR count). The highest BCUT2D eigenvalue weighted by atomic mass is 15.0. The number of imidazole rings is 1. The molecule has 7 aromatic rings. The van der Waals surface area contributed by atoms with E-state index in [1.54, 1.807) is 0 Å². The first-order valence-corrected chi connectivity index (χ1v) is 9.24. The Bertz CT molecular complexity index is 1670. The van der Waals surface area contributed by atoms with Crippen LogP contribution in [0.2, 0.25) is 0 Å². The zero-order chi connectivity index (χ0) is 17.5. The van der Waals surface area contributed by atoms with Gasteiger partial charge in [-0.05, 0) is 57.3 Å². The fraction of sp³-hybridized carbons (Fsp3) is 0. The standard InChI is InChI=1S/C25H14N2/c1-2-6-16-12-20-17(11-15(16)5-1)13-21-22-9-4-10-24-26-14-23(27(22)24)19-8-3-7-18(20)25(19)21/h1-14H. The molecule has 27 heavy (non-hydrogen) atoms. The Balaban J connectivity index is 1.87. The Hall–Kier alpha value is -3.65. The van der Waals surface area contributed by atoms with Gasteiger partial charge < -0.3 is 0 Å². The van der Waals surface area contributed by atoms with Gasteiger partial charge in [0.2, 0.25) is 0 Å². The topological polar surface area (TPSA) is 17.3 Å². The van der Waals surface area contributed by atoms with Gasteiger partial charge in [-0.2, -0.15) is 0 Å². The summed E-state index contributed by atoms with van der Waals surface area (Å²) < 4.78 is 2.28. The van der Waals surface area contributed by atoms with Crippen molar-refractivity contribution >= 4 is 59.8 Å². The number of rotatable bonds is 0. The van der Waals surface area contributed by atoms with Crippen LogP contribution in [0, 0.1) is 0 Å². The average Bonchev–Trinajstić information content (AvgIpc) is 3.15. The van der Waals surface area contributed by atoms with Crippen molar-refractivity contribution in [3.63, 3.8) is 0 Å². The summed E-state index contributed by atoms with van der Waals surface area (Å²) in [6.07, 6.45) is 2.00. The van der Waals surface area contributed by atoms with Gasteiger partial charge in [0.25, 0.3) is 0 Å². The molecule has 3 heterocycles. The molecule has 0 aliphatic carbocycles. The van der Waals surface area contributed by atoms with E-state index in [1.165, 1.54) is 54.1 Å². The van der Waals surface area contributed by atoms with Crippen LogP contribution in [0.15, 0.2) is 85.1 Å². The molecule has 0 bridgehead atoms. The molecule has 124 valence electrons. The molecule has 0 fully saturated rings. The van der Waals surface area contributed by atoms with Crippen LogP contribution in [0.25, 0.3) is 59.8 Å². The number of fused-ring (bicyclic) bond motifs is 5. The molecule has 0 saturated carbocycles. The van der Waals surface area contributed by atoms with Gasteiger partial charge in [0, 0.05) is 16.2 Å². The fourth-order valence-electron chi connectivity index (χ4n) is 4.76. The Morgan fingerprint density at radius 1 is 0.556 bits per heavy atom. The number of nitrogens with zero attached hydrogens (tertiary/aromatic N) is 2. The van der Waals surface area contributed by atoms with Crippen LogP contribution < -0.4 is 0 Å². The van der Waals surface area contributed by atoms with Crippen molar-refractivity contribution in [1.82, 2.24) is 9.38 Å². The lowest BCUT2D eigenvalue weighted by Gasteiger charge is -2.14. The third kappa shape index (κ3) is 1.59. The maximum atomic E-state index is 4.64. The average molecular weight is 342 g/mol. The van der Waals surface area contributed by atoms with Crippen molar-refractivity contribution in [3.8, 4) is 0 Å². The first-order valence-electron chi connectivity index (χ1n) is 9.24. The predicted octanol–water partition coefficient (Wildman–Crippen LogP) is 6.54. The van der Waals surface area contributed by atoms with E-state index >= 15 is 0 Å². The summed E-state index contributed by atoms with van der Waals surface area (Å²) >= 11 is 0. The van der Waals surface area contributed by atoms with Crippen molar-refractivity contribution in [1.29, 1.82) is 0 Å². The van der Waals surface area contributed by atoms with E-state index < -0.39 is 0 Å². The van der Waals surface area contributed by atoms with Crippen molar-refractivity contribution < 1.29 is 0 Å². The molecule has 0 spiro atoms. The van der Waals surface area contributed by atoms with Gasteiger partial charge in [0.1, 0.15) is 5.65 Å². The summed E-state index contributed by atoms with van der Waals surface area (Å²) in [7, 11) is 0. The van der Waals surface area contributed by atoms with Gasteiger partial charge in [-0.15, -0.1) is 0 Å². The van der Waals surface area contributed by atoms with E-state index in [2.05, 4.69) is 88.2 Å². The molecule has 0 aliphatic heterocycles. The number of pyridine rings is 2. The fourth-order valence-corrected chi connectivity index (χ4v) is 4.76. The molecule has 3 aromatic heterocycles. The van der Waals surface area contributed by atoms with Gasteiger partial charge in [0.05, 0.1) is 17.2 Å². The molecule has 0 atom stereocenters. The Labute approximate surface area is 154 Å². The highest BCUT2D eigenvalue weighted by Crippen LogP contribution is 2.39. The van der Waals surface area contributed by atoms with Gasteiger partial charge in [-0.25, -0.2) is 4.98 Å². The first kappa shape index (κ1) is 13.5. The predicted molar refractivity (Wildman–Crippen MR) is 114 cm³/mol. The van der Waals surface area contributed by atoms with E-state index in [-0.39, 0.29) is 0 Å². The first-order chi connectivity index (χ1) is 13.4. The lowest BCUT2D eigenvalue weighted by molar-refractivity contribution is 1.30. The quantitative estimate of drug-likeness (QED) is 0.226. The Morgan fingerprint density at radius 3 is 2.26 bits per heavy atom. The molecular weight excluding hydrogens is 328 g/mol. The Kier molecular flexibility index (Phi) is 2.28. The van der Waals surface area contributed by atoms with Crippen LogP contribution in [-0.2, 0) is 0 Å². The molecule has 2 nitrogen and oxygen atoms in total. The monoisotopic (exact) mass is 342 g/mol. The smallest absolute Gasteiger partial charge is 0.137 e. The van der Waals surface area contributed by atoms with Crippen LogP contribution in [0.1, 0.15) is 0 Å². The number of benzene rings is 4. The van der Waals surface area contributed by atoms with Crippen LogP contribution in [-0.4, -0.2) is 9.38 Å². The van der Waals surface area contributed by atoms with Crippen molar-refractivity contribution in [3.05, 3.63) is 85.1 Å². The van der Waals surface area contributed by atoms with Gasteiger partial charge in [-0.1, -0.05) is 48.5 Å². The van der Waals surface area contributed by atoms with Crippen molar-refractivity contribution in [2.24, 2.45) is 0 Å². The van der Waals surface area contributed by atoms with Crippen LogP contribution >= 0.6 is 0 Å². The van der Waals surface area contributed by atoms with Crippen molar-refractivity contribution in [2.75, 3.05) is 0 Å². The van der Waals surface area contributed by atoms with Gasteiger partial charge in [-0.3, -0.25) is 4.40 Å². The maximum absolute atomic E-state index is 4.64. The molecule has 0 N–H and O–H groups in total. The molecule has 2 heteroatoms. The molecule has 0 amide bonds. The second-order valence-corrected chi connectivity index (χ2v) is 7.32. The summed E-state index contributed by atoms with van der Waals surface area (Å²) in [6, 6.07) is 28.6. The third-order valence-corrected chi connectivity index (χ3v) is 5.92. The molecule has 0 radical (unpaired) electrons. The highest BCUT2D eigenvalue weighted by Gasteiger charge is 2.15. The molecule has 0 aliphatic rings. The minimum absolute atomic E-state index is 1.00. The van der Waals surface area contributed by atoms with E-state index in [0.29, 0.717) is 0 Å². The molecular formula is C25H14N2. The van der Waals surface area contributed by atoms with Crippen molar-refractivity contribution in [2.45, 2.75) is 0 Å². The summed E-state index contributed by atoms with van der Waals surface area (Å²) in [4.78, 5) is 4.64. The van der Waals surface area contributed by atoms with Crippen LogP contribution in [0.3, 0.4) is 0 Å². The summed E-state index contributed by atoms with van der Waals surface area (Å²) in [5.74, 6) is 0. The molecule has 4 aromatic carbocycles. The highest BCUT2D eigenvalue weighted by molar-refractivity contribution is 6.28. The zero-order valence-electron chi connectivity index (χ0n) is 14.5. The number of hydrogen-bond acceptors (Lipinski definition) is 1. The summed E-state index contributed by atoms with van der Waals surface area (Å²) in [5, 5.41) is 10.4. The SMILES string of the molecule is c1ccc2cc3c(cc2c1)cc1c2c3cccc2c2cnc3cccc1n32. The van der Waals surface area contributed by atoms with E-state index in [0.717, 1.165) is 5.65 Å². The Morgan fingerprint density at radius 2 is 1.33 bits per heavy atom. The molecule has 0 unspecified atom stereocenters. The van der Waals surface area contributed by atoms with Gasteiger partial charge in [0.15, 0.2) is 0 Å². The van der Waals surface area contributed by atoms with Crippen LogP contribution in [0.5, 0.6) is 0 Å². The van der Waals surface area contributed by atoms with E-state index in [9.17, 15) is 0 Å². The molecule has 0 saturated heterocycles.